The number of rotatable bonds is 4. The van der Waals surface area contributed by atoms with Crippen molar-refractivity contribution >= 4 is 29.6 Å². The average Bonchev–Trinajstić information content (AvgIpc) is 2.88. The molecule has 0 aromatic heterocycles. The van der Waals surface area contributed by atoms with Crippen molar-refractivity contribution in [2.75, 3.05) is 0 Å². The van der Waals surface area contributed by atoms with Crippen LogP contribution in [0.15, 0.2) is 30.3 Å². The Morgan fingerprint density at radius 2 is 1.80 bits per heavy atom. The number of hydrogen-bond acceptors (Lipinski definition) is 2. The molecule has 20 heavy (non-hydrogen) atoms. The number of hydrogen-bond donors (Lipinski definition) is 2. The van der Waals surface area contributed by atoms with E-state index in [1.165, 1.54) is 6.08 Å². The second kappa shape index (κ2) is 6.09. The quantitative estimate of drug-likeness (QED) is 0.839. The zero-order valence-corrected chi connectivity index (χ0v) is 11.7. The van der Waals surface area contributed by atoms with E-state index in [4.69, 9.17) is 11.6 Å². The summed E-state index contributed by atoms with van der Waals surface area (Å²) in [5.74, 6) is -1.34. The summed E-state index contributed by atoms with van der Waals surface area (Å²) >= 11 is 5.77. The molecule has 0 radical (unpaired) electrons. The Morgan fingerprint density at radius 3 is 2.35 bits per heavy atom. The molecule has 1 aliphatic carbocycles. The third kappa shape index (κ3) is 3.39. The molecule has 5 heteroatoms. The van der Waals surface area contributed by atoms with Gasteiger partial charge >= 0.3 is 5.97 Å². The Balaban J connectivity index is 2.01. The maximum absolute atomic E-state index is 11.9. The molecule has 2 rings (SSSR count). The first-order valence-corrected chi connectivity index (χ1v) is 6.89. The monoisotopic (exact) mass is 293 g/mol. The lowest BCUT2D eigenvalue weighted by atomic mass is 9.98. The molecule has 1 aromatic rings. The van der Waals surface area contributed by atoms with Crippen molar-refractivity contribution in [1.82, 2.24) is 5.32 Å². The third-order valence-electron chi connectivity index (χ3n) is 3.53. The number of benzene rings is 1. The third-order valence-corrected chi connectivity index (χ3v) is 3.78. The first-order valence-electron chi connectivity index (χ1n) is 6.51. The number of carbonyl (C=O) groups is 2. The molecule has 0 aliphatic heterocycles. The Labute approximate surface area is 122 Å². The van der Waals surface area contributed by atoms with Gasteiger partial charge in [0.1, 0.15) is 5.54 Å². The standard InChI is InChI=1S/C15H16ClNO3/c16-12-6-3-11(4-7-12)5-8-13(18)17-15(14(19)20)9-1-2-10-15/h3-8H,1-2,9-10H2,(H,17,18)(H,19,20)/b8-5+. The van der Waals surface area contributed by atoms with Crippen LogP contribution in [0.5, 0.6) is 0 Å². The van der Waals surface area contributed by atoms with Crippen molar-refractivity contribution in [1.29, 1.82) is 0 Å². The topological polar surface area (TPSA) is 66.4 Å². The molecule has 1 aromatic carbocycles. The lowest BCUT2D eigenvalue weighted by molar-refractivity contribution is -0.146. The molecule has 0 spiro atoms. The van der Waals surface area contributed by atoms with E-state index in [-0.39, 0.29) is 5.91 Å². The summed E-state index contributed by atoms with van der Waals surface area (Å²) in [4.78, 5) is 23.2. The van der Waals surface area contributed by atoms with Crippen LogP contribution >= 0.6 is 11.6 Å². The Bertz CT molecular complexity index is 531. The first-order chi connectivity index (χ1) is 9.52. The molecule has 2 N–H and O–H groups in total. The minimum atomic E-state index is -1.10. The number of aliphatic carboxylic acids is 1. The van der Waals surface area contributed by atoms with Crippen LogP contribution in [0, 0.1) is 0 Å². The van der Waals surface area contributed by atoms with E-state index in [1.54, 1.807) is 30.3 Å². The molecule has 0 atom stereocenters. The maximum Gasteiger partial charge on any atom is 0.329 e. The number of carboxylic acid groups (broad SMARTS) is 1. The van der Waals surface area contributed by atoms with Crippen molar-refractivity contribution in [3.63, 3.8) is 0 Å². The highest BCUT2D eigenvalue weighted by Crippen LogP contribution is 2.29. The fourth-order valence-electron chi connectivity index (χ4n) is 2.39. The largest absolute Gasteiger partial charge is 0.480 e. The van der Waals surface area contributed by atoms with Crippen molar-refractivity contribution in [2.45, 2.75) is 31.2 Å². The van der Waals surface area contributed by atoms with E-state index in [9.17, 15) is 14.7 Å². The van der Waals surface area contributed by atoms with Crippen molar-refractivity contribution in [3.8, 4) is 0 Å². The van der Waals surface area contributed by atoms with Crippen LogP contribution in [0.3, 0.4) is 0 Å². The smallest absolute Gasteiger partial charge is 0.329 e. The lowest BCUT2D eigenvalue weighted by Gasteiger charge is -2.24. The SMILES string of the molecule is O=C(/C=C/c1ccc(Cl)cc1)NC1(C(=O)O)CCCC1. The highest BCUT2D eigenvalue weighted by molar-refractivity contribution is 6.30. The van der Waals surface area contributed by atoms with Crippen LogP contribution in [0.2, 0.25) is 5.02 Å². The van der Waals surface area contributed by atoms with Gasteiger partial charge in [-0.15, -0.1) is 0 Å². The van der Waals surface area contributed by atoms with Crippen LogP contribution in [0.25, 0.3) is 6.08 Å². The first kappa shape index (κ1) is 14.6. The molecule has 1 saturated carbocycles. The van der Waals surface area contributed by atoms with Crippen molar-refractivity contribution in [3.05, 3.63) is 40.9 Å². The molecule has 0 bridgehead atoms. The van der Waals surface area contributed by atoms with Gasteiger partial charge in [0.15, 0.2) is 0 Å². The number of halogens is 1. The van der Waals surface area contributed by atoms with Crippen LogP contribution in [0.1, 0.15) is 31.2 Å². The van der Waals surface area contributed by atoms with Gasteiger partial charge in [0.05, 0.1) is 0 Å². The lowest BCUT2D eigenvalue weighted by Crippen LogP contribution is -2.52. The molecule has 1 aliphatic rings. The number of carbonyl (C=O) groups excluding carboxylic acids is 1. The summed E-state index contributed by atoms with van der Waals surface area (Å²) < 4.78 is 0. The molecule has 4 nitrogen and oxygen atoms in total. The average molecular weight is 294 g/mol. The highest BCUT2D eigenvalue weighted by Gasteiger charge is 2.42. The van der Waals surface area contributed by atoms with E-state index >= 15 is 0 Å². The molecule has 106 valence electrons. The van der Waals surface area contributed by atoms with Crippen molar-refractivity contribution < 1.29 is 14.7 Å². The van der Waals surface area contributed by atoms with Gasteiger partial charge in [-0.25, -0.2) is 4.79 Å². The number of carboxylic acids is 1. The molecule has 1 amide bonds. The van der Waals surface area contributed by atoms with E-state index in [0.717, 1.165) is 18.4 Å². The number of nitrogens with one attached hydrogen (secondary N) is 1. The number of amides is 1. The molecule has 0 heterocycles. The summed E-state index contributed by atoms with van der Waals surface area (Å²) in [6.45, 7) is 0. The Hall–Kier alpha value is -1.81. The minimum Gasteiger partial charge on any atom is -0.480 e. The predicted octanol–water partition coefficient (Wildman–Crippen LogP) is 2.87. The normalized spacial score (nSPS) is 17.2. The van der Waals surface area contributed by atoms with Gasteiger partial charge in [0.2, 0.25) is 5.91 Å². The van der Waals surface area contributed by atoms with Gasteiger partial charge in [-0.05, 0) is 36.6 Å². The van der Waals surface area contributed by atoms with Crippen LogP contribution < -0.4 is 5.32 Å². The van der Waals surface area contributed by atoms with E-state index in [0.29, 0.717) is 17.9 Å². The zero-order chi connectivity index (χ0) is 14.6. The van der Waals surface area contributed by atoms with Crippen LogP contribution in [0.4, 0.5) is 0 Å². The fraction of sp³-hybridized carbons (Fsp3) is 0.333. The summed E-state index contributed by atoms with van der Waals surface area (Å²) in [6.07, 6.45) is 5.62. The zero-order valence-electron chi connectivity index (χ0n) is 10.9. The highest BCUT2D eigenvalue weighted by atomic mass is 35.5. The van der Waals surface area contributed by atoms with Gasteiger partial charge in [0, 0.05) is 11.1 Å². The fourth-order valence-corrected chi connectivity index (χ4v) is 2.52. The summed E-state index contributed by atoms with van der Waals surface area (Å²) in [5, 5.41) is 12.5. The Morgan fingerprint density at radius 1 is 1.20 bits per heavy atom. The minimum absolute atomic E-state index is 0.385. The second-order valence-electron chi connectivity index (χ2n) is 4.97. The van der Waals surface area contributed by atoms with Gasteiger partial charge < -0.3 is 10.4 Å². The molecule has 0 saturated heterocycles. The van der Waals surface area contributed by atoms with E-state index in [2.05, 4.69) is 5.32 Å². The second-order valence-corrected chi connectivity index (χ2v) is 5.40. The van der Waals surface area contributed by atoms with Gasteiger partial charge in [0.25, 0.3) is 0 Å². The maximum atomic E-state index is 11.9. The molecular weight excluding hydrogens is 278 g/mol. The van der Waals surface area contributed by atoms with Crippen LogP contribution in [-0.4, -0.2) is 22.5 Å². The Kier molecular flexibility index (Phi) is 4.45. The van der Waals surface area contributed by atoms with E-state index in [1.807, 2.05) is 0 Å². The molecule has 0 unspecified atom stereocenters. The van der Waals surface area contributed by atoms with Crippen LogP contribution in [-0.2, 0) is 9.59 Å². The van der Waals surface area contributed by atoms with Gasteiger partial charge in [-0.1, -0.05) is 36.6 Å². The summed E-state index contributed by atoms with van der Waals surface area (Å²) in [6, 6.07) is 7.03. The summed E-state index contributed by atoms with van der Waals surface area (Å²) in [7, 11) is 0. The molecular formula is C15H16ClNO3. The molecule has 1 fully saturated rings. The van der Waals surface area contributed by atoms with E-state index < -0.39 is 11.5 Å². The van der Waals surface area contributed by atoms with Gasteiger partial charge in [-0.3, -0.25) is 4.79 Å². The summed E-state index contributed by atoms with van der Waals surface area (Å²) in [5.41, 5.74) is -0.262. The van der Waals surface area contributed by atoms with Crippen molar-refractivity contribution in [2.24, 2.45) is 0 Å². The predicted molar refractivity (Wildman–Crippen MR) is 77.5 cm³/mol. The van der Waals surface area contributed by atoms with Gasteiger partial charge in [-0.2, -0.15) is 0 Å².